The van der Waals surface area contributed by atoms with Gasteiger partial charge < -0.3 is 0 Å². The van der Waals surface area contributed by atoms with Crippen LogP contribution in [0.5, 0.6) is 0 Å². The summed E-state index contributed by atoms with van der Waals surface area (Å²) in [7, 11) is 0. The average molecular weight is 312 g/mol. The molecule has 0 aliphatic carbocycles. The lowest BCUT2D eigenvalue weighted by Crippen LogP contribution is -2.32. The molecule has 1 aromatic heterocycles. The first-order chi connectivity index (χ1) is 7.92. The van der Waals surface area contributed by atoms with Crippen molar-refractivity contribution in [3.8, 4) is 0 Å². The average Bonchev–Trinajstić information content (AvgIpc) is 2.74. The van der Waals surface area contributed by atoms with Gasteiger partial charge in [0, 0.05) is 19.3 Å². The molecule has 1 aliphatic heterocycles. The lowest BCUT2D eigenvalue weighted by Gasteiger charge is -2.17. The van der Waals surface area contributed by atoms with Crippen LogP contribution >= 0.6 is 15.9 Å². The summed E-state index contributed by atoms with van der Waals surface area (Å²) in [5.74, 6) is 0.254. The van der Waals surface area contributed by atoms with Gasteiger partial charge in [0.1, 0.15) is 0 Å². The normalized spacial score (nSPS) is 22.2. The molecule has 1 saturated heterocycles. The van der Waals surface area contributed by atoms with Crippen LogP contribution in [0.2, 0.25) is 0 Å². The zero-order valence-corrected chi connectivity index (χ0v) is 10.7. The van der Waals surface area contributed by atoms with E-state index in [4.69, 9.17) is 0 Å². The van der Waals surface area contributed by atoms with Crippen LogP contribution in [0.4, 0.5) is 13.2 Å². The van der Waals surface area contributed by atoms with Crippen LogP contribution < -0.4 is 0 Å². The van der Waals surface area contributed by atoms with E-state index in [1.54, 1.807) is 10.9 Å². The van der Waals surface area contributed by atoms with Crippen molar-refractivity contribution in [3.05, 3.63) is 16.9 Å². The van der Waals surface area contributed by atoms with Gasteiger partial charge in [0.15, 0.2) is 0 Å². The molecule has 0 amide bonds. The maximum atomic E-state index is 12.2. The monoisotopic (exact) mass is 311 g/mol. The van der Waals surface area contributed by atoms with E-state index in [-0.39, 0.29) is 5.92 Å². The lowest BCUT2D eigenvalue weighted by atomic mass is 10.1. The van der Waals surface area contributed by atoms with E-state index in [2.05, 4.69) is 21.0 Å². The molecule has 1 atom stereocenters. The van der Waals surface area contributed by atoms with Crippen molar-refractivity contribution >= 4 is 15.9 Å². The Morgan fingerprint density at radius 2 is 2.24 bits per heavy atom. The van der Waals surface area contributed by atoms with Gasteiger partial charge in [-0.2, -0.15) is 18.3 Å². The second-order valence-corrected chi connectivity index (χ2v) is 5.30. The number of nitrogens with zero attached hydrogens (tertiary/aromatic N) is 3. The van der Waals surface area contributed by atoms with Crippen molar-refractivity contribution in [2.24, 2.45) is 5.92 Å². The summed E-state index contributed by atoms with van der Waals surface area (Å²) in [4.78, 5) is 1.46. The molecule has 0 spiro atoms. The van der Waals surface area contributed by atoms with Crippen molar-refractivity contribution < 1.29 is 13.2 Å². The fourth-order valence-corrected chi connectivity index (χ4v) is 2.49. The van der Waals surface area contributed by atoms with Gasteiger partial charge in [-0.05, 0) is 34.8 Å². The molecule has 1 aliphatic rings. The van der Waals surface area contributed by atoms with Crippen molar-refractivity contribution in [1.82, 2.24) is 14.7 Å². The van der Waals surface area contributed by atoms with E-state index >= 15 is 0 Å². The third-order valence-corrected chi connectivity index (χ3v) is 3.23. The first-order valence-corrected chi connectivity index (χ1v) is 6.19. The summed E-state index contributed by atoms with van der Waals surface area (Å²) in [6, 6.07) is 0. The van der Waals surface area contributed by atoms with Gasteiger partial charge in [-0.3, -0.25) is 9.58 Å². The summed E-state index contributed by atoms with van der Waals surface area (Å²) in [6.07, 6.45) is 0.228. The van der Waals surface area contributed by atoms with E-state index in [1.165, 1.54) is 4.90 Å². The molecular weight excluding hydrogens is 299 g/mol. The molecule has 0 bridgehead atoms. The van der Waals surface area contributed by atoms with Gasteiger partial charge in [-0.1, -0.05) is 0 Å². The number of alkyl halides is 3. The van der Waals surface area contributed by atoms with E-state index < -0.39 is 12.7 Å². The standard InChI is InChI=1S/C10H13BrF3N3/c11-9-3-15-17(6-9)5-8-1-2-16(4-8)7-10(12,13)14/h3,6,8H,1-2,4-5,7H2. The van der Waals surface area contributed by atoms with Crippen molar-refractivity contribution in [1.29, 1.82) is 0 Å². The van der Waals surface area contributed by atoms with Crippen molar-refractivity contribution in [3.63, 3.8) is 0 Å². The van der Waals surface area contributed by atoms with Crippen molar-refractivity contribution in [2.75, 3.05) is 19.6 Å². The Morgan fingerprint density at radius 1 is 1.47 bits per heavy atom. The highest BCUT2D eigenvalue weighted by Crippen LogP contribution is 2.23. The molecular formula is C10H13BrF3N3. The second kappa shape index (κ2) is 4.97. The van der Waals surface area contributed by atoms with Crippen LogP contribution in [0.1, 0.15) is 6.42 Å². The van der Waals surface area contributed by atoms with E-state index in [0.717, 1.165) is 10.9 Å². The molecule has 2 heterocycles. The van der Waals surface area contributed by atoms with Gasteiger partial charge in [-0.25, -0.2) is 0 Å². The Morgan fingerprint density at radius 3 is 2.82 bits per heavy atom. The van der Waals surface area contributed by atoms with Crippen LogP contribution in [-0.4, -0.2) is 40.5 Å². The van der Waals surface area contributed by atoms with Gasteiger partial charge in [0.25, 0.3) is 0 Å². The highest BCUT2D eigenvalue weighted by Gasteiger charge is 2.34. The summed E-state index contributed by atoms with van der Waals surface area (Å²) in [6.45, 7) is 0.899. The number of halogens is 4. The number of aromatic nitrogens is 2. The van der Waals surface area contributed by atoms with Crippen LogP contribution in [-0.2, 0) is 6.54 Å². The predicted octanol–water partition coefficient (Wildman–Crippen LogP) is 2.53. The molecule has 3 nitrogen and oxygen atoms in total. The van der Waals surface area contributed by atoms with E-state index in [1.807, 2.05) is 6.20 Å². The first kappa shape index (κ1) is 12.9. The Bertz CT molecular complexity index is 377. The van der Waals surface area contributed by atoms with Crippen LogP contribution in [0.3, 0.4) is 0 Å². The number of likely N-dealkylation sites (tertiary alicyclic amines) is 1. The van der Waals surface area contributed by atoms with Crippen LogP contribution in [0.25, 0.3) is 0 Å². The molecule has 96 valence electrons. The quantitative estimate of drug-likeness (QED) is 0.855. The molecule has 7 heteroatoms. The van der Waals surface area contributed by atoms with Gasteiger partial charge in [0.05, 0.1) is 17.2 Å². The third kappa shape index (κ3) is 3.99. The molecule has 17 heavy (non-hydrogen) atoms. The fraction of sp³-hybridized carbons (Fsp3) is 0.700. The molecule has 0 aromatic carbocycles. The highest BCUT2D eigenvalue weighted by molar-refractivity contribution is 9.10. The number of hydrogen-bond donors (Lipinski definition) is 0. The minimum atomic E-state index is -4.09. The molecule has 1 unspecified atom stereocenters. The Labute approximate surface area is 106 Å². The molecule has 1 aromatic rings. The fourth-order valence-electron chi connectivity index (χ4n) is 2.16. The van der Waals surface area contributed by atoms with Gasteiger partial charge in [-0.15, -0.1) is 0 Å². The molecule has 1 fully saturated rings. The minimum absolute atomic E-state index is 0.254. The number of rotatable bonds is 3. The van der Waals surface area contributed by atoms with Gasteiger partial charge in [0.2, 0.25) is 0 Å². The molecule has 0 N–H and O–H groups in total. The van der Waals surface area contributed by atoms with Crippen LogP contribution in [0, 0.1) is 5.92 Å². The van der Waals surface area contributed by atoms with Crippen molar-refractivity contribution in [2.45, 2.75) is 19.1 Å². The molecule has 0 saturated carbocycles. The first-order valence-electron chi connectivity index (χ1n) is 5.39. The summed E-state index contributed by atoms with van der Waals surface area (Å²) in [5, 5.41) is 4.11. The largest absolute Gasteiger partial charge is 0.401 e. The van der Waals surface area contributed by atoms with Gasteiger partial charge >= 0.3 is 6.18 Å². The van der Waals surface area contributed by atoms with E-state index in [9.17, 15) is 13.2 Å². The Hall–Kier alpha value is -0.560. The summed E-state index contributed by atoms with van der Waals surface area (Å²) >= 11 is 3.29. The molecule has 2 rings (SSSR count). The SMILES string of the molecule is FC(F)(F)CN1CCC(Cn2cc(Br)cn2)C1. The maximum Gasteiger partial charge on any atom is 0.401 e. The Kier molecular flexibility index (Phi) is 3.77. The third-order valence-electron chi connectivity index (χ3n) is 2.82. The Balaban J connectivity index is 1.82. The minimum Gasteiger partial charge on any atom is -0.295 e. The summed E-state index contributed by atoms with van der Waals surface area (Å²) < 4.78 is 39.3. The maximum absolute atomic E-state index is 12.2. The van der Waals surface area contributed by atoms with E-state index in [0.29, 0.717) is 19.6 Å². The van der Waals surface area contributed by atoms with Crippen LogP contribution in [0.15, 0.2) is 16.9 Å². The second-order valence-electron chi connectivity index (χ2n) is 4.39. The lowest BCUT2D eigenvalue weighted by molar-refractivity contribution is -0.143. The highest BCUT2D eigenvalue weighted by atomic mass is 79.9. The molecule has 0 radical (unpaired) electrons. The summed E-state index contributed by atoms with van der Waals surface area (Å²) in [5.41, 5.74) is 0. The topological polar surface area (TPSA) is 21.1 Å². The zero-order chi connectivity index (χ0) is 12.5. The smallest absolute Gasteiger partial charge is 0.295 e. The number of hydrogen-bond acceptors (Lipinski definition) is 2. The predicted molar refractivity (Wildman–Crippen MR) is 60.5 cm³/mol. The zero-order valence-electron chi connectivity index (χ0n) is 9.12.